The molecule has 13 nitrogen and oxygen atoms in total. The van der Waals surface area contributed by atoms with Gasteiger partial charge in [-0.05, 0) is 6.07 Å². The average Bonchev–Trinajstić information content (AvgIpc) is 3.28. The maximum absolute atomic E-state index is 13.2. The quantitative estimate of drug-likeness (QED) is 0.212. The molecule has 1 aromatic carbocycles. The molecular weight excluding hydrogens is 504 g/mol. The second-order valence-electron chi connectivity index (χ2n) is 8.54. The van der Waals surface area contributed by atoms with Gasteiger partial charge >= 0.3 is 23.9 Å². The molecule has 1 fully saturated rings. The zero-order chi connectivity index (χ0) is 28.1. The SMILES string of the molecule is COC(=O)CC1OC(n2cc(/C=C(/C)[N+](=O)[O-])c3ccccc32)C(C(=O)OC)C(C(=O)OC)C1C(=O)OC. The Morgan fingerprint density at radius 3 is 2.11 bits per heavy atom. The van der Waals surface area contributed by atoms with Crippen LogP contribution < -0.4 is 0 Å². The van der Waals surface area contributed by atoms with E-state index < -0.39 is 65.3 Å². The fraction of sp³-hybridized carbons (Fsp3) is 0.440. The molecule has 1 aliphatic rings. The number of hydrogen-bond donors (Lipinski definition) is 0. The molecule has 0 saturated carbocycles. The Labute approximate surface area is 217 Å². The molecule has 0 amide bonds. The second kappa shape index (κ2) is 11.9. The first-order valence-electron chi connectivity index (χ1n) is 11.5. The lowest BCUT2D eigenvalue weighted by Crippen LogP contribution is -2.55. The van der Waals surface area contributed by atoms with Crippen LogP contribution in [0, 0.1) is 27.9 Å². The van der Waals surface area contributed by atoms with E-state index in [0.717, 1.165) is 28.4 Å². The van der Waals surface area contributed by atoms with Gasteiger partial charge in [0.25, 0.3) is 0 Å². The average molecular weight is 533 g/mol. The van der Waals surface area contributed by atoms with Gasteiger partial charge in [-0.1, -0.05) is 18.2 Å². The third kappa shape index (κ3) is 5.37. The van der Waals surface area contributed by atoms with Crippen LogP contribution in [0.2, 0.25) is 0 Å². The van der Waals surface area contributed by atoms with Crippen LogP contribution in [0.4, 0.5) is 0 Å². The van der Waals surface area contributed by atoms with Crippen LogP contribution in [0.1, 0.15) is 25.1 Å². The van der Waals surface area contributed by atoms with E-state index >= 15 is 0 Å². The van der Waals surface area contributed by atoms with Crippen LogP contribution in [0.3, 0.4) is 0 Å². The lowest BCUT2D eigenvalue weighted by Gasteiger charge is -2.43. The first-order chi connectivity index (χ1) is 18.1. The first-order valence-corrected chi connectivity index (χ1v) is 11.5. The predicted octanol–water partition coefficient (Wildman–Crippen LogP) is 2.11. The topological polar surface area (TPSA) is 162 Å². The highest BCUT2D eigenvalue weighted by molar-refractivity contribution is 5.91. The number of nitrogens with zero attached hydrogens (tertiary/aromatic N) is 2. The van der Waals surface area contributed by atoms with Crippen LogP contribution in [0.15, 0.2) is 36.2 Å². The van der Waals surface area contributed by atoms with Crippen LogP contribution in [0.25, 0.3) is 17.0 Å². The van der Waals surface area contributed by atoms with Gasteiger partial charge in [-0.25, -0.2) is 0 Å². The van der Waals surface area contributed by atoms with Crippen molar-refractivity contribution in [1.29, 1.82) is 0 Å². The number of nitro groups is 1. The number of benzene rings is 1. The molecule has 0 bridgehead atoms. The van der Waals surface area contributed by atoms with Gasteiger partial charge in [0.15, 0.2) is 0 Å². The summed E-state index contributed by atoms with van der Waals surface area (Å²) >= 11 is 0. The molecule has 1 saturated heterocycles. The summed E-state index contributed by atoms with van der Waals surface area (Å²) in [6.07, 6.45) is -0.105. The fourth-order valence-corrected chi connectivity index (χ4v) is 4.74. The predicted molar refractivity (Wildman–Crippen MR) is 130 cm³/mol. The molecule has 0 N–H and O–H groups in total. The summed E-state index contributed by atoms with van der Waals surface area (Å²) in [5, 5.41) is 11.9. The molecule has 204 valence electrons. The molecular formula is C25H28N2O11. The normalized spacial score (nSPS) is 23.4. The zero-order valence-corrected chi connectivity index (χ0v) is 21.4. The Bertz CT molecular complexity index is 1280. The van der Waals surface area contributed by atoms with Gasteiger partial charge in [-0.2, -0.15) is 0 Å². The van der Waals surface area contributed by atoms with Gasteiger partial charge in [0.1, 0.15) is 12.1 Å². The largest absolute Gasteiger partial charge is 0.469 e. The monoisotopic (exact) mass is 532 g/mol. The molecule has 0 spiro atoms. The molecule has 3 rings (SSSR count). The van der Waals surface area contributed by atoms with E-state index in [0.29, 0.717) is 16.5 Å². The van der Waals surface area contributed by atoms with E-state index in [1.165, 1.54) is 23.8 Å². The number of carbonyl (C=O) groups is 4. The molecule has 5 atom stereocenters. The highest BCUT2D eigenvalue weighted by atomic mass is 16.6. The van der Waals surface area contributed by atoms with Crippen molar-refractivity contribution in [2.45, 2.75) is 25.7 Å². The van der Waals surface area contributed by atoms with Crippen molar-refractivity contribution in [2.75, 3.05) is 28.4 Å². The number of fused-ring (bicyclic) bond motifs is 1. The highest BCUT2D eigenvalue weighted by Gasteiger charge is 2.57. The molecule has 13 heteroatoms. The molecule has 0 radical (unpaired) electrons. The number of esters is 4. The molecule has 5 unspecified atom stereocenters. The van der Waals surface area contributed by atoms with Gasteiger partial charge in [0, 0.05) is 30.1 Å². The summed E-state index contributed by atoms with van der Waals surface area (Å²) in [6, 6.07) is 6.86. The summed E-state index contributed by atoms with van der Waals surface area (Å²) < 4.78 is 27.3. The summed E-state index contributed by atoms with van der Waals surface area (Å²) in [5.74, 6) is -7.73. The van der Waals surface area contributed by atoms with Gasteiger partial charge < -0.3 is 28.3 Å². The smallest absolute Gasteiger partial charge is 0.314 e. The maximum atomic E-state index is 13.2. The van der Waals surface area contributed by atoms with Crippen LogP contribution in [0.5, 0.6) is 0 Å². The Morgan fingerprint density at radius 1 is 0.947 bits per heavy atom. The van der Waals surface area contributed by atoms with Crippen LogP contribution >= 0.6 is 0 Å². The number of hydrogen-bond acceptors (Lipinski definition) is 11. The van der Waals surface area contributed by atoms with Gasteiger partial charge in [-0.3, -0.25) is 29.3 Å². The summed E-state index contributed by atoms with van der Waals surface area (Å²) in [6.45, 7) is 1.33. The Morgan fingerprint density at radius 2 is 1.53 bits per heavy atom. The van der Waals surface area contributed by atoms with Crippen molar-refractivity contribution in [3.8, 4) is 0 Å². The zero-order valence-electron chi connectivity index (χ0n) is 21.4. The van der Waals surface area contributed by atoms with E-state index in [2.05, 4.69) is 0 Å². The summed E-state index contributed by atoms with van der Waals surface area (Å²) in [5.41, 5.74) is 0.811. The van der Waals surface area contributed by atoms with E-state index in [4.69, 9.17) is 23.7 Å². The minimum Gasteiger partial charge on any atom is -0.469 e. The number of para-hydroxylation sites is 1. The second-order valence-corrected chi connectivity index (χ2v) is 8.54. The summed E-state index contributed by atoms with van der Waals surface area (Å²) in [4.78, 5) is 62.1. The number of rotatable bonds is 8. The molecule has 1 aliphatic heterocycles. The lowest BCUT2D eigenvalue weighted by molar-refractivity contribution is -0.422. The van der Waals surface area contributed by atoms with E-state index in [1.54, 1.807) is 24.3 Å². The van der Waals surface area contributed by atoms with Crippen molar-refractivity contribution < 1.29 is 47.8 Å². The molecule has 0 aliphatic carbocycles. The molecule has 38 heavy (non-hydrogen) atoms. The minimum atomic E-state index is -1.46. The van der Waals surface area contributed by atoms with Crippen molar-refractivity contribution in [3.05, 3.63) is 51.8 Å². The van der Waals surface area contributed by atoms with Crippen LogP contribution in [-0.4, -0.2) is 67.9 Å². The Balaban J connectivity index is 2.30. The standard InChI is InChI=1S/C25H28N2O11/c1-13(27(32)33)10-14-12-26(16-9-7-6-8-15(14)16)22-21(25(31)37-5)20(24(30)36-4)19(23(29)35-3)17(38-22)11-18(28)34-2/h6-10,12,17,19-22H,11H2,1-5H3/b13-10-. The number of allylic oxidation sites excluding steroid dienone is 1. The van der Waals surface area contributed by atoms with Crippen molar-refractivity contribution >= 4 is 40.9 Å². The third-order valence-corrected chi connectivity index (χ3v) is 6.51. The number of aromatic nitrogens is 1. The van der Waals surface area contributed by atoms with Gasteiger partial charge in [-0.15, -0.1) is 0 Å². The Hall–Kier alpha value is -4.26. The van der Waals surface area contributed by atoms with E-state index in [-0.39, 0.29) is 5.70 Å². The Kier molecular flexibility index (Phi) is 8.84. The minimum absolute atomic E-state index is 0.135. The third-order valence-electron chi connectivity index (χ3n) is 6.51. The van der Waals surface area contributed by atoms with Crippen molar-refractivity contribution in [1.82, 2.24) is 4.57 Å². The van der Waals surface area contributed by atoms with E-state index in [9.17, 15) is 29.3 Å². The molecule has 1 aromatic heterocycles. The van der Waals surface area contributed by atoms with E-state index in [1.807, 2.05) is 0 Å². The number of ether oxygens (including phenoxy) is 5. The van der Waals surface area contributed by atoms with Crippen LogP contribution in [-0.2, 0) is 42.9 Å². The highest BCUT2D eigenvalue weighted by Crippen LogP contribution is 2.45. The fourth-order valence-electron chi connectivity index (χ4n) is 4.74. The molecule has 2 aromatic rings. The van der Waals surface area contributed by atoms with Crippen molar-refractivity contribution in [3.63, 3.8) is 0 Å². The summed E-state index contributed by atoms with van der Waals surface area (Å²) in [7, 11) is 4.46. The van der Waals surface area contributed by atoms with Gasteiger partial charge in [0.2, 0.25) is 5.70 Å². The lowest BCUT2D eigenvalue weighted by atomic mass is 9.74. The van der Waals surface area contributed by atoms with Crippen molar-refractivity contribution in [2.24, 2.45) is 17.8 Å². The number of methoxy groups -OCH3 is 4. The molecule has 2 heterocycles. The number of carbonyl (C=O) groups excluding carboxylic acids is 4. The first kappa shape index (κ1) is 28.3. The van der Waals surface area contributed by atoms with Gasteiger partial charge in [0.05, 0.1) is 63.2 Å². The maximum Gasteiger partial charge on any atom is 0.314 e.